The van der Waals surface area contributed by atoms with Crippen LogP contribution in [0.15, 0.2) is 36.4 Å². The quantitative estimate of drug-likeness (QED) is 0.672. The van der Waals surface area contributed by atoms with Crippen LogP contribution in [0.25, 0.3) is 0 Å². The van der Waals surface area contributed by atoms with Crippen molar-refractivity contribution in [2.24, 2.45) is 0 Å². The van der Waals surface area contributed by atoms with Crippen LogP contribution in [-0.4, -0.2) is 19.9 Å². The van der Waals surface area contributed by atoms with E-state index in [4.69, 9.17) is 4.43 Å². The van der Waals surface area contributed by atoms with E-state index >= 15 is 0 Å². The highest BCUT2D eigenvalue weighted by molar-refractivity contribution is 6.70. The lowest BCUT2D eigenvalue weighted by atomic mass is 9.82. The standard InChI is InChI=1S/C18H18O3Si/c1-11-9-12(21-22(2,3)4)10-15-16(11)18(20)14-8-6-5-7-13(14)17(15)19/h5-10H,1-4H3. The molecule has 0 bridgehead atoms. The van der Waals surface area contributed by atoms with Gasteiger partial charge in [-0.1, -0.05) is 24.3 Å². The van der Waals surface area contributed by atoms with E-state index in [9.17, 15) is 9.59 Å². The van der Waals surface area contributed by atoms with Gasteiger partial charge < -0.3 is 4.43 Å². The molecule has 0 spiro atoms. The lowest BCUT2D eigenvalue weighted by molar-refractivity contribution is 0.0978. The van der Waals surface area contributed by atoms with E-state index < -0.39 is 8.32 Å². The van der Waals surface area contributed by atoms with Crippen molar-refractivity contribution in [3.63, 3.8) is 0 Å². The number of carbonyl (C=O) groups excluding carboxylic acids is 2. The molecule has 0 heterocycles. The van der Waals surface area contributed by atoms with Gasteiger partial charge >= 0.3 is 0 Å². The van der Waals surface area contributed by atoms with Gasteiger partial charge in [-0.2, -0.15) is 0 Å². The molecule has 1 aliphatic rings. The molecular weight excluding hydrogens is 292 g/mol. The number of fused-ring (bicyclic) bond motifs is 2. The van der Waals surface area contributed by atoms with Crippen LogP contribution in [0.5, 0.6) is 5.75 Å². The normalized spacial score (nSPS) is 13.6. The van der Waals surface area contributed by atoms with Crippen molar-refractivity contribution < 1.29 is 14.0 Å². The molecule has 0 saturated carbocycles. The average Bonchev–Trinajstić information content (AvgIpc) is 2.42. The molecule has 3 nitrogen and oxygen atoms in total. The Balaban J connectivity index is 2.18. The van der Waals surface area contributed by atoms with E-state index in [1.165, 1.54) is 0 Å². The summed E-state index contributed by atoms with van der Waals surface area (Å²) >= 11 is 0. The first kappa shape index (κ1) is 14.7. The van der Waals surface area contributed by atoms with E-state index in [-0.39, 0.29) is 11.6 Å². The Hall–Kier alpha value is -2.20. The molecule has 0 saturated heterocycles. The summed E-state index contributed by atoms with van der Waals surface area (Å²) in [4.78, 5) is 25.4. The first-order valence-corrected chi connectivity index (χ1v) is 10.7. The third-order valence-electron chi connectivity index (χ3n) is 3.62. The number of ketones is 2. The number of hydrogen-bond donors (Lipinski definition) is 0. The van der Waals surface area contributed by atoms with Gasteiger partial charge in [0.05, 0.1) is 0 Å². The molecule has 112 valence electrons. The molecule has 1 aliphatic carbocycles. The summed E-state index contributed by atoms with van der Waals surface area (Å²) in [6.07, 6.45) is 0. The van der Waals surface area contributed by atoms with E-state index in [0.29, 0.717) is 28.0 Å². The molecule has 0 atom stereocenters. The minimum atomic E-state index is -1.77. The smallest absolute Gasteiger partial charge is 0.242 e. The number of rotatable bonds is 2. The minimum Gasteiger partial charge on any atom is -0.544 e. The first-order chi connectivity index (χ1) is 10.3. The third kappa shape index (κ3) is 2.39. The molecule has 0 radical (unpaired) electrons. The summed E-state index contributed by atoms with van der Waals surface area (Å²) in [5, 5.41) is 0. The second-order valence-electron chi connectivity index (χ2n) is 6.58. The van der Waals surface area contributed by atoms with Gasteiger partial charge in [-0.25, -0.2) is 0 Å². The van der Waals surface area contributed by atoms with Gasteiger partial charge in [0.25, 0.3) is 0 Å². The number of hydrogen-bond acceptors (Lipinski definition) is 3. The van der Waals surface area contributed by atoms with E-state index in [0.717, 1.165) is 5.56 Å². The summed E-state index contributed by atoms with van der Waals surface area (Å²) in [5.41, 5.74) is 2.72. The molecular formula is C18H18O3Si. The molecule has 2 aromatic carbocycles. The first-order valence-electron chi connectivity index (χ1n) is 7.30. The highest BCUT2D eigenvalue weighted by atomic mass is 28.4. The maximum Gasteiger partial charge on any atom is 0.242 e. The summed E-state index contributed by atoms with van der Waals surface area (Å²) in [6.45, 7) is 8.12. The predicted molar refractivity (Wildman–Crippen MR) is 88.5 cm³/mol. The van der Waals surface area contributed by atoms with Crippen molar-refractivity contribution >= 4 is 19.9 Å². The lowest BCUT2D eigenvalue weighted by Gasteiger charge is -2.23. The van der Waals surface area contributed by atoms with Crippen LogP contribution < -0.4 is 4.43 Å². The van der Waals surface area contributed by atoms with Gasteiger partial charge in [-0.3, -0.25) is 9.59 Å². The summed E-state index contributed by atoms with van der Waals surface area (Å²) in [5.74, 6) is 0.493. The summed E-state index contributed by atoms with van der Waals surface area (Å²) in [7, 11) is -1.77. The maximum absolute atomic E-state index is 12.7. The molecule has 0 aliphatic heterocycles. The second-order valence-corrected chi connectivity index (χ2v) is 11.0. The van der Waals surface area contributed by atoms with E-state index in [1.54, 1.807) is 30.3 Å². The fourth-order valence-corrected chi connectivity index (χ4v) is 3.63. The van der Waals surface area contributed by atoms with Crippen molar-refractivity contribution in [2.75, 3.05) is 0 Å². The maximum atomic E-state index is 12.7. The van der Waals surface area contributed by atoms with E-state index in [2.05, 4.69) is 19.6 Å². The number of aryl methyl sites for hydroxylation is 1. The monoisotopic (exact) mass is 310 g/mol. The van der Waals surface area contributed by atoms with Crippen LogP contribution in [-0.2, 0) is 0 Å². The lowest BCUT2D eigenvalue weighted by Crippen LogP contribution is -2.30. The van der Waals surface area contributed by atoms with Crippen molar-refractivity contribution in [1.82, 2.24) is 0 Å². The number of carbonyl (C=O) groups is 2. The van der Waals surface area contributed by atoms with E-state index in [1.807, 2.05) is 13.0 Å². The zero-order valence-electron chi connectivity index (χ0n) is 13.2. The third-order valence-corrected chi connectivity index (χ3v) is 4.47. The minimum absolute atomic E-state index is 0.0812. The average molecular weight is 310 g/mol. The molecule has 2 aromatic rings. The molecule has 4 heteroatoms. The Morgan fingerprint density at radius 1 is 0.864 bits per heavy atom. The van der Waals surface area contributed by atoms with Crippen LogP contribution >= 0.6 is 0 Å². The summed E-state index contributed by atoms with van der Waals surface area (Å²) in [6, 6.07) is 10.6. The Bertz CT molecular complexity index is 800. The number of benzene rings is 2. The van der Waals surface area contributed by atoms with Crippen molar-refractivity contribution in [1.29, 1.82) is 0 Å². The molecule has 22 heavy (non-hydrogen) atoms. The van der Waals surface area contributed by atoms with Gasteiger partial charge in [-0.15, -0.1) is 0 Å². The Morgan fingerprint density at radius 3 is 2.05 bits per heavy atom. The van der Waals surface area contributed by atoms with Gasteiger partial charge in [0, 0.05) is 22.3 Å². The molecule has 0 amide bonds. The molecule has 0 unspecified atom stereocenters. The van der Waals surface area contributed by atoms with Crippen LogP contribution in [0.2, 0.25) is 19.6 Å². The zero-order chi connectivity index (χ0) is 16.1. The Labute approximate surface area is 131 Å². The molecule has 0 fully saturated rings. The van der Waals surface area contributed by atoms with Crippen LogP contribution in [0.4, 0.5) is 0 Å². The van der Waals surface area contributed by atoms with Gasteiger partial charge in [-0.05, 0) is 44.3 Å². The summed E-state index contributed by atoms with van der Waals surface area (Å²) < 4.78 is 6.00. The van der Waals surface area contributed by atoms with Gasteiger partial charge in [0.15, 0.2) is 11.6 Å². The van der Waals surface area contributed by atoms with Crippen LogP contribution in [0, 0.1) is 6.92 Å². The Morgan fingerprint density at radius 2 is 1.45 bits per heavy atom. The highest BCUT2D eigenvalue weighted by Crippen LogP contribution is 2.33. The van der Waals surface area contributed by atoms with Gasteiger partial charge in [0.2, 0.25) is 8.32 Å². The van der Waals surface area contributed by atoms with Crippen molar-refractivity contribution in [2.45, 2.75) is 26.6 Å². The Kier molecular flexibility index (Phi) is 3.29. The van der Waals surface area contributed by atoms with Gasteiger partial charge in [0.1, 0.15) is 5.75 Å². The molecule has 0 N–H and O–H groups in total. The van der Waals surface area contributed by atoms with Crippen LogP contribution in [0.1, 0.15) is 37.4 Å². The SMILES string of the molecule is Cc1cc(O[Si](C)(C)C)cc2c1C(=O)c1ccccc1C2=O. The van der Waals surface area contributed by atoms with Crippen molar-refractivity contribution in [3.8, 4) is 5.75 Å². The second kappa shape index (κ2) is 4.92. The molecule has 0 aromatic heterocycles. The molecule has 3 rings (SSSR count). The fraction of sp³-hybridized carbons (Fsp3) is 0.222. The van der Waals surface area contributed by atoms with Crippen LogP contribution in [0.3, 0.4) is 0 Å². The fourth-order valence-electron chi connectivity index (χ4n) is 2.81. The largest absolute Gasteiger partial charge is 0.544 e. The zero-order valence-corrected chi connectivity index (χ0v) is 14.2. The highest BCUT2D eigenvalue weighted by Gasteiger charge is 2.31. The predicted octanol–water partition coefficient (Wildman–Crippen LogP) is 3.98. The van der Waals surface area contributed by atoms with Crippen molar-refractivity contribution in [3.05, 3.63) is 64.2 Å². The topological polar surface area (TPSA) is 43.4 Å².